The summed E-state index contributed by atoms with van der Waals surface area (Å²) < 4.78 is 1.43. The summed E-state index contributed by atoms with van der Waals surface area (Å²) in [6.45, 7) is 0. The van der Waals surface area contributed by atoms with Crippen molar-refractivity contribution in [3.05, 3.63) is 123 Å². The Morgan fingerprint density at radius 1 is 0.692 bits per heavy atom. The fourth-order valence-corrected chi connectivity index (χ4v) is 5.50. The van der Waals surface area contributed by atoms with E-state index in [2.05, 4.69) is 120 Å². The molecule has 2 aliphatic carbocycles. The van der Waals surface area contributed by atoms with Gasteiger partial charge in [-0.2, -0.15) is 0 Å². The lowest BCUT2D eigenvalue weighted by Gasteiger charge is -2.39. The van der Waals surface area contributed by atoms with Crippen molar-refractivity contribution < 1.29 is 0 Å². The van der Waals surface area contributed by atoms with Gasteiger partial charge in [0, 0.05) is 5.92 Å². The monoisotopic (exact) mass is 446 g/mol. The molecule has 26 heavy (non-hydrogen) atoms. The fraction of sp³-hybridized carbons (Fsp3) is 0.120. The summed E-state index contributed by atoms with van der Waals surface area (Å²) in [6.07, 6.45) is 5.72. The molecule has 0 aliphatic heterocycles. The molecule has 2 aliphatic rings. The Bertz CT molecular complexity index is 973. The van der Waals surface area contributed by atoms with E-state index in [9.17, 15) is 0 Å². The Morgan fingerprint density at radius 3 is 1.92 bits per heavy atom. The SMILES string of the molecule is IC1=CC=C2c3ccccc3C(c3ccccc3)(c3ccccc3)C2C1. The molecule has 0 saturated carbocycles. The summed E-state index contributed by atoms with van der Waals surface area (Å²) in [5, 5.41) is 0. The molecule has 0 radical (unpaired) electrons. The number of halogens is 1. The molecule has 0 nitrogen and oxygen atoms in total. The van der Waals surface area contributed by atoms with Crippen molar-refractivity contribution in [2.45, 2.75) is 11.8 Å². The summed E-state index contributed by atoms with van der Waals surface area (Å²) >= 11 is 2.50. The van der Waals surface area contributed by atoms with Gasteiger partial charge in [-0.25, -0.2) is 0 Å². The molecule has 3 aromatic carbocycles. The van der Waals surface area contributed by atoms with Gasteiger partial charge >= 0.3 is 0 Å². The summed E-state index contributed by atoms with van der Waals surface area (Å²) in [5.41, 5.74) is 6.97. The molecule has 1 unspecified atom stereocenters. The van der Waals surface area contributed by atoms with Gasteiger partial charge in [0.2, 0.25) is 0 Å². The van der Waals surface area contributed by atoms with E-state index in [0.717, 1.165) is 6.42 Å². The number of fused-ring (bicyclic) bond motifs is 3. The highest BCUT2D eigenvalue weighted by atomic mass is 127. The van der Waals surface area contributed by atoms with Crippen LogP contribution in [0.1, 0.15) is 28.7 Å². The van der Waals surface area contributed by atoms with Crippen LogP contribution in [0.15, 0.2) is 101 Å². The minimum absolute atomic E-state index is 0.129. The zero-order chi connectivity index (χ0) is 17.6. The van der Waals surface area contributed by atoms with Gasteiger partial charge in [0.1, 0.15) is 0 Å². The van der Waals surface area contributed by atoms with Crippen molar-refractivity contribution in [2.75, 3.05) is 0 Å². The Labute approximate surface area is 168 Å². The second-order valence-electron chi connectivity index (χ2n) is 7.08. The predicted octanol–water partition coefficient (Wildman–Crippen LogP) is 6.76. The lowest BCUT2D eigenvalue weighted by molar-refractivity contribution is 0.483. The number of allylic oxidation sites excluding steroid dienone is 4. The number of hydrogen-bond donors (Lipinski definition) is 0. The van der Waals surface area contributed by atoms with Gasteiger partial charge in [-0.1, -0.05) is 97.1 Å². The van der Waals surface area contributed by atoms with Crippen molar-refractivity contribution in [3.63, 3.8) is 0 Å². The van der Waals surface area contributed by atoms with Gasteiger partial charge in [-0.05, 0) is 60.4 Å². The highest BCUT2D eigenvalue weighted by Crippen LogP contribution is 2.60. The molecule has 0 saturated heterocycles. The largest absolute Gasteiger partial charge is 0.0622 e. The van der Waals surface area contributed by atoms with Crippen LogP contribution in [0, 0.1) is 5.92 Å². The average molecular weight is 446 g/mol. The molecule has 0 aromatic heterocycles. The molecule has 3 aromatic rings. The van der Waals surface area contributed by atoms with Crippen molar-refractivity contribution >= 4 is 28.2 Å². The average Bonchev–Trinajstić information content (AvgIpc) is 3.00. The fourth-order valence-electron chi connectivity index (χ4n) is 4.88. The van der Waals surface area contributed by atoms with Gasteiger partial charge in [0.15, 0.2) is 0 Å². The molecule has 126 valence electrons. The van der Waals surface area contributed by atoms with E-state index in [4.69, 9.17) is 0 Å². The molecule has 0 fully saturated rings. The van der Waals surface area contributed by atoms with Crippen LogP contribution in [0.5, 0.6) is 0 Å². The van der Waals surface area contributed by atoms with E-state index in [1.54, 1.807) is 0 Å². The third kappa shape index (κ3) is 2.20. The molecule has 1 heteroatoms. The molecule has 0 heterocycles. The van der Waals surface area contributed by atoms with Crippen LogP contribution in [-0.2, 0) is 5.41 Å². The Balaban J connectivity index is 1.91. The molecule has 1 atom stereocenters. The summed E-state index contributed by atoms with van der Waals surface area (Å²) in [6, 6.07) is 31.1. The highest BCUT2D eigenvalue weighted by molar-refractivity contribution is 14.1. The van der Waals surface area contributed by atoms with E-state index in [1.807, 2.05) is 0 Å². The highest BCUT2D eigenvalue weighted by Gasteiger charge is 2.51. The molecular formula is C25H19I. The van der Waals surface area contributed by atoms with Crippen LogP contribution in [-0.4, -0.2) is 0 Å². The van der Waals surface area contributed by atoms with Crippen LogP contribution in [0.4, 0.5) is 0 Å². The van der Waals surface area contributed by atoms with E-state index in [1.165, 1.54) is 31.4 Å². The molecular weight excluding hydrogens is 427 g/mol. The normalized spacial score (nSPS) is 20.0. The van der Waals surface area contributed by atoms with Gasteiger partial charge < -0.3 is 0 Å². The quantitative estimate of drug-likeness (QED) is 0.382. The second kappa shape index (κ2) is 6.24. The van der Waals surface area contributed by atoms with Crippen LogP contribution in [0.3, 0.4) is 0 Å². The smallest absolute Gasteiger partial charge is 0.0529 e. The summed E-state index contributed by atoms with van der Waals surface area (Å²) in [4.78, 5) is 0. The van der Waals surface area contributed by atoms with Gasteiger partial charge in [0.05, 0.1) is 5.41 Å². The van der Waals surface area contributed by atoms with Crippen LogP contribution >= 0.6 is 22.6 Å². The van der Waals surface area contributed by atoms with Gasteiger partial charge in [-0.3, -0.25) is 0 Å². The maximum atomic E-state index is 2.50. The standard InChI is InChI=1S/C25H19I/c26-20-15-16-22-21-13-7-8-14-23(21)25(24(22)17-20,18-9-3-1-4-10-18)19-11-5-2-6-12-19/h1-16,24H,17H2. The lowest BCUT2D eigenvalue weighted by Crippen LogP contribution is -2.34. The number of hydrogen-bond acceptors (Lipinski definition) is 0. The maximum Gasteiger partial charge on any atom is 0.0529 e. The minimum Gasteiger partial charge on any atom is -0.0622 e. The van der Waals surface area contributed by atoms with Crippen molar-refractivity contribution in [1.29, 1.82) is 0 Å². The topological polar surface area (TPSA) is 0 Å². The van der Waals surface area contributed by atoms with Gasteiger partial charge in [0.25, 0.3) is 0 Å². The summed E-state index contributed by atoms with van der Waals surface area (Å²) in [7, 11) is 0. The molecule has 0 N–H and O–H groups in total. The maximum absolute atomic E-state index is 2.50. The zero-order valence-corrected chi connectivity index (χ0v) is 16.6. The first kappa shape index (κ1) is 16.1. The number of benzene rings is 3. The molecule has 0 amide bonds. The Hall–Kier alpha value is -2.13. The molecule has 0 spiro atoms. The Kier molecular flexibility index (Phi) is 3.86. The van der Waals surface area contributed by atoms with Crippen LogP contribution < -0.4 is 0 Å². The number of rotatable bonds is 2. The van der Waals surface area contributed by atoms with E-state index in [-0.39, 0.29) is 5.41 Å². The second-order valence-corrected chi connectivity index (χ2v) is 8.46. The third-order valence-electron chi connectivity index (χ3n) is 5.86. The summed E-state index contributed by atoms with van der Waals surface area (Å²) in [5.74, 6) is 0.432. The zero-order valence-electron chi connectivity index (χ0n) is 14.4. The first-order valence-corrected chi connectivity index (χ1v) is 10.2. The third-order valence-corrected chi connectivity index (χ3v) is 6.66. The van der Waals surface area contributed by atoms with E-state index in [0.29, 0.717) is 5.92 Å². The molecule has 0 bridgehead atoms. The van der Waals surface area contributed by atoms with Crippen LogP contribution in [0.2, 0.25) is 0 Å². The van der Waals surface area contributed by atoms with Crippen LogP contribution in [0.25, 0.3) is 5.57 Å². The predicted molar refractivity (Wildman–Crippen MR) is 117 cm³/mol. The lowest BCUT2D eigenvalue weighted by atomic mass is 9.63. The van der Waals surface area contributed by atoms with Gasteiger partial charge in [-0.15, -0.1) is 0 Å². The minimum atomic E-state index is -0.129. The van der Waals surface area contributed by atoms with Crippen molar-refractivity contribution in [2.24, 2.45) is 5.92 Å². The molecule has 5 rings (SSSR count). The van der Waals surface area contributed by atoms with Crippen molar-refractivity contribution in [3.8, 4) is 0 Å². The first-order valence-electron chi connectivity index (χ1n) is 9.09. The van der Waals surface area contributed by atoms with Crippen molar-refractivity contribution in [1.82, 2.24) is 0 Å². The van der Waals surface area contributed by atoms with E-state index >= 15 is 0 Å². The Morgan fingerprint density at radius 2 is 1.27 bits per heavy atom. The van der Waals surface area contributed by atoms with E-state index < -0.39 is 0 Å². The first-order chi connectivity index (χ1) is 12.8.